The summed E-state index contributed by atoms with van der Waals surface area (Å²) < 4.78 is 30.0. The third kappa shape index (κ3) is 36.4. The first kappa shape index (κ1) is 99.5. The Hall–Kier alpha value is -9.55. The van der Waals surface area contributed by atoms with Gasteiger partial charge in [-0.25, -0.2) is 14.4 Å². The van der Waals surface area contributed by atoms with Gasteiger partial charge in [-0.3, -0.25) is 19.2 Å². The Bertz CT molecular complexity index is 3860. The van der Waals surface area contributed by atoms with Crippen molar-refractivity contribution in [1.82, 2.24) is 36.0 Å². The minimum absolute atomic E-state index is 0.121. The normalized spacial score (nSPS) is 10.2. The highest BCUT2D eigenvalue weighted by Crippen LogP contribution is 2.31. The molecule has 7 aromatic rings. The maximum absolute atomic E-state index is 12.0. The average molecular weight is 1660 g/mol. The van der Waals surface area contributed by atoms with Crippen LogP contribution in [0.5, 0.6) is 17.2 Å². The first-order chi connectivity index (χ1) is 52.8. The first-order valence-electron chi connectivity index (χ1n) is 35.5. The number of carbonyl (C=O) groups excluding carboxylic acids is 7. The number of halogens is 6. The molecular formula is C78H108Cl6N14O13. The van der Waals surface area contributed by atoms with Crippen molar-refractivity contribution < 1.29 is 62.0 Å². The number of hydrogen-bond acceptors (Lipinski definition) is 23. The molecule has 610 valence electrons. The van der Waals surface area contributed by atoms with Gasteiger partial charge >= 0.3 is 17.9 Å². The summed E-state index contributed by atoms with van der Waals surface area (Å²) in [7, 11) is 4.46. The zero-order chi connectivity index (χ0) is 83.9. The molecule has 0 heterocycles. The van der Waals surface area contributed by atoms with E-state index in [-0.39, 0.29) is 41.1 Å². The number of anilines is 7. The van der Waals surface area contributed by atoms with E-state index in [1.807, 2.05) is 13.8 Å². The fourth-order valence-electron chi connectivity index (χ4n) is 9.12. The molecule has 0 aliphatic heterocycles. The van der Waals surface area contributed by atoms with Gasteiger partial charge in [0, 0.05) is 80.8 Å². The van der Waals surface area contributed by atoms with Crippen molar-refractivity contribution in [2.75, 3.05) is 166 Å². The van der Waals surface area contributed by atoms with Gasteiger partial charge in [0.05, 0.1) is 121 Å². The number of benzene rings is 7. The second-order valence-electron chi connectivity index (χ2n) is 22.9. The maximum Gasteiger partial charge on any atom is 0.341 e. The Labute approximate surface area is 681 Å². The van der Waals surface area contributed by atoms with Gasteiger partial charge in [-0.05, 0) is 164 Å². The zero-order valence-electron chi connectivity index (χ0n) is 65.2. The third-order valence-electron chi connectivity index (χ3n) is 15.5. The summed E-state index contributed by atoms with van der Waals surface area (Å²) in [6.45, 7) is 31.4. The number of esters is 3. The molecule has 0 spiro atoms. The van der Waals surface area contributed by atoms with E-state index in [4.69, 9.17) is 138 Å². The summed E-state index contributed by atoms with van der Waals surface area (Å²) in [6.07, 6.45) is 0. The monoisotopic (exact) mass is 1660 g/mol. The number of amides is 4. The molecule has 27 nitrogen and oxygen atoms in total. The lowest BCUT2D eigenvalue weighted by molar-refractivity contribution is 0.0463. The molecule has 18 N–H and O–H groups in total. The van der Waals surface area contributed by atoms with E-state index < -0.39 is 5.97 Å². The summed E-state index contributed by atoms with van der Waals surface area (Å²) in [5, 5.41) is 13.3. The highest BCUT2D eigenvalue weighted by molar-refractivity contribution is 6.35. The fraction of sp³-hybridized carbons (Fsp3) is 0.372. The Morgan fingerprint density at radius 1 is 0.324 bits per heavy atom. The zero-order valence-corrected chi connectivity index (χ0v) is 69.8. The lowest BCUT2D eigenvalue weighted by Crippen LogP contribution is -2.34. The molecule has 33 heteroatoms. The highest BCUT2D eigenvalue weighted by atomic mass is 35.5. The van der Waals surface area contributed by atoms with E-state index in [1.165, 1.54) is 57.7 Å². The molecular weight excluding hydrogens is 1550 g/mol. The van der Waals surface area contributed by atoms with Crippen LogP contribution in [-0.4, -0.2) is 182 Å². The Balaban J connectivity index is 0.000000650. The van der Waals surface area contributed by atoms with Crippen LogP contribution in [0.1, 0.15) is 142 Å². The van der Waals surface area contributed by atoms with Gasteiger partial charge in [0.1, 0.15) is 29.4 Å². The van der Waals surface area contributed by atoms with Crippen LogP contribution in [0.4, 0.5) is 39.8 Å². The third-order valence-corrected chi connectivity index (χ3v) is 17.5. The van der Waals surface area contributed by atoms with Crippen LogP contribution in [0, 0.1) is 0 Å². The molecule has 7 aromatic carbocycles. The second kappa shape index (κ2) is 55.0. The van der Waals surface area contributed by atoms with E-state index in [0.29, 0.717) is 167 Å². The molecule has 0 atom stereocenters. The van der Waals surface area contributed by atoms with Gasteiger partial charge in [0.2, 0.25) is 0 Å². The van der Waals surface area contributed by atoms with Crippen LogP contribution in [0.15, 0.2) is 115 Å². The maximum atomic E-state index is 12.0. The van der Waals surface area contributed by atoms with Gasteiger partial charge in [-0.1, -0.05) is 111 Å². The predicted molar refractivity (Wildman–Crippen MR) is 452 cm³/mol. The topological polar surface area (TPSA) is 415 Å². The van der Waals surface area contributed by atoms with Crippen molar-refractivity contribution >= 4 is 151 Å². The SMILES string of the molecule is CCN(CC)CCNC(=O)c1ccc(N)c(Cl)c1.CCN(CC)CCNC(=O)c1ccc(N)cc1OC.CCN(CC)CCOC(=O)c1ccc(N)c(Cl)c1.CCNC(=O)c1cc(Cl)c(N)cc1OC.CCNC(=O)c1ccc(N)c(Cl)c1.CCOC(=O)c1cc(Cl)c(N)cc1OC.CCOC(=O)c1ccc(N)c(Cl)c1. The molecule has 0 radical (unpaired) electrons. The molecule has 0 aromatic heterocycles. The molecule has 0 saturated heterocycles. The van der Waals surface area contributed by atoms with E-state index in [1.54, 1.807) is 92.7 Å². The Morgan fingerprint density at radius 2 is 0.640 bits per heavy atom. The standard InChI is InChI=1S/C14H23N3O2.C13H20ClN3O.C13H19ClN2O2.C10H13ClN2O2.C10H12ClNO3.C9H11ClN2O.C9H10ClNO2/c1-4-17(5-2)9-8-16-14(18)12-7-6-11(15)10-13(12)19-3;1-3-17(4-2)8-7-16-13(18)10-5-6-12(15)11(14)9-10;1-3-16(4-2)7-8-18-13(17)10-5-6-12(15)11(14)9-10;1-3-13-10(14)6-4-7(11)8(12)5-9(6)15-2;1-3-15-10(13)6-4-7(11)8(12)5-9(6)14-2;1-2-12-9(13)6-3-4-8(11)7(10)5-6;1-2-13-9(12)6-3-4-8(11)7(10)5-6/h6-7,10H,4-5,8-9,15H2,1-3H3,(H,16,18);5-6,9H,3-4,7-8,15H2,1-2H3,(H,16,18);5-6,9H,3-4,7-8,15H2,1-2H3;4-5H,3,12H2,1-2H3,(H,13,14);4-5H,3,12H2,1-2H3;3-5H,2,11H2,1H3,(H,12,13);3-5H,2,11H2,1H3. The highest BCUT2D eigenvalue weighted by Gasteiger charge is 2.19. The van der Waals surface area contributed by atoms with Crippen LogP contribution < -0.4 is 75.6 Å². The quantitative estimate of drug-likeness (QED) is 0.0118. The van der Waals surface area contributed by atoms with E-state index in [0.717, 1.165) is 58.9 Å². The number of nitrogens with two attached hydrogens (primary N) is 7. The molecule has 4 amide bonds. The van der Waals surface area contributed by atoms with Gasteiger partial charge in [-0.15, -0.1) is 0 Å². The molecule has 0 aliphatic carbocycles. The number of methoxy groups -OCH3 is 3. The molecule has 0 unspecified atom stereocenters. The van der Waals surface area contributed by atoms with Crippen LogP contribution >= 0.6 is 69.6 Å². The van der Waals surface area contributed by atoms with Crippen LogP contribution in [0.25, 0.3) is 0 Å². The molecule has 0 aliphatic rings. The summed E-state index contributed by atoms with van der Waals surface area (Å²) in [4.78, 5) is 87.9. The number of nitrogens with zero attached hydrogens (tertiary/aromatic N) is 3. The smallest absolute Gasteiger partial charge is 0.341 e. The van der Waals surface area contributed by atoms with Gasteiger partial charge in [0.15, 0.2) is 0 Å². The number of nitrogens with one attached hydrogen (secondary N) is 4. The molecule has 0 fully saturated rings. The van der Waals surface area contributed by atoms with E-state index >= 15 is 0 Å². The van der Waals surface area contributed by atoms with Crippen molar-refractivity contribution in [2.45, 2.75) is 69.2 Å². The number of ether oxygens (including phenoxy) is 6. The molecule has 7 rings (SSSR count). The number of rotatable bonds is 29. The van der Waals surface area contributed by atoms with E-state index in [9.17, 15) is 33.6 Å². The summed E-state index contributed by atoms with van der Waals surface area (Å²) in [5.41, 5.74) is 45.3. The minimum atomic E-state index is -0.476. The Kier molecular flexibility index (Phi) is 49.2. The number of nitrogen functional groups attached to an aromatic ring is 7. The number of hydrogen-bond donors (Lipinski definition) is 11. The second-order valence-corrected chi connectivity index (χ2v) is 25.4. The minimum Gasteiger partial charge on any atom is -0.496 e. The lowest BCUT2D eigenvalue weighted by Gasteiger charge is -2.18. The van der Waals surface area contributed by atoms with Gasteiger partial charge in [-0.2, -0.15) is 0 Å². The Morgan fingerprint density at radius 3 is 1.03 bits per heavy atom. The largest absolute Gasteiger partial charge is 0.496 e. The van der Waals surface area contributed by atoms with E-state index in [2.05, 4.69) is 77.5 Å². The van der Waals surface area contributed by atoms with Gasteiger partial charge < -0.3 is 105 Å². The summed E-state index contributed by atoms with van der Waals surface area (Å²) in [5.74, 6) is -0.572. The number of likely N-dealkylation sites (N-methyl/N-ethyl adjacent to an activating group) is 3. The molecule has 111 heavy (non-hydrogen) atoms. The van der Waals surface area contributed by atoms with Crippen molar-refractivity contribution in [1.29, 1.82) is 0 Å². The average Bonchev–Trinajstić information content (AvgIpc) is 0.835. The first-order valence-corrected chi connectivity index (χ1v) is 37.7. The van der Waals surface area contributed by atoms with Crippen LogP contribution in [0.2, 0.25) is 30.1 Å². The summed E-state index contributed by atoms with van der Waals surface area (Å²) in [6, 6.07) is 30.1. The van der Waals surface area contributed by atoms with Crippen LogP contribution in [-0.2, 0) is 14.2 Å². The fourth-order valence-corrected chi connectivity index (χ4v) is 10.2. The number of carbonyl (C=O) groups is 7. The predicted octanol–water partition coefficient (Wildman–Crippen LogP) is 13.3. The summed E-state index contributed by atoms with van der Waals surface area (Å²) >= 11 is 34.8. The van der Waals surface area contributed by atoms with Crippen molar-refractivity contribution in [3.8, 4) is 17.2 Å². The van der Waals surface area contributed by atoms with Crippen LogP contribution in [0.3, 0.4) is 0 Å². The molecule has 0 saturated carbocycles. The van der Waals surface area contributed by atoms with Crippen molar-refractivity contribution in [3.05, 3.63) is 184 Å². The van der Waals surface area contributed by atoms with Crippen molar-refractivity contribution in [3.63, 3.8) is 0 Å². The lowest BCUT2D eigenvalue weighted by atomic mass is 10.1. The van der Waals surface area contributed by atoms with Crippen molar-refractivity contribution in [2.24, 2.45) is 0 Å². The molecule has 0 bridgehead atoms. The van der Waals surface area contributed by atoms with Gasteiger partial charge in [0.25, 0.3) is 23.6 Å².